The van der Waals surface area contributed by atoms with Gasteiger partial charge in [0.15, 0.2) is 0 Å². The molecule has 1 aliphatic rings. The zero-order valence-electron chi connectivity index (χ0n) is 11.3. The van der Waals surface area contributed by atoms with E-state index in [1.54, 1.807) is 25.2 Å². The van der Waals surface area contributed by atoms with Crippen molar-refractivity contribution in [2.45, 2.75) is 25.4 Å². The zero-order valence-corrected chi connectivity index (χ0v) is 12.0. The predicted octanol–water partition coefficient (Wildman–Crippen LogP) is 1.25. The van der Waals surface area contributed by atoms with E-state index in [0.717, 1.165) is 24.9 Å². The molecule has 2 heterocycles. The third kappa shape index (κ3) is 2.67. The van der Waals surface area contributed by atoms with Crippen LogP contribution < -0.4 is 10.6 Å². The zero-order chi connectivity index (χ0) is 14.0. The average molecular weight is 283 g/mol. The van der Waals surface area contributed by atoms with E-state index in [2.05, 4.69) is 4.98 Å². The van der Waals surface area contributed by atoms with Crippen LogP contribution in [0.5, 0.6) is 0 Å². The van der Waals surface area contributed by atoms with E-state index in [4.69, 9.17) is 17.3 Å². The minimum Gasteiger partial charge on any atom is -0.347 e. The summed E-state index contributed by atoms with van der Waals surface area (Å²) < 4.78 is 0. The molecule has 5 nitrogen and oxygen atoms in total. The Morgan fingerprint density at radius 2 is 2.37 bits per heavy atom. The van der Waals surface area contributed by atoms with Crippen LogP contribution in [0.4, 0.5) is 5.82 Å². The summed E-state index contributed by atoms with van der Waals surface area (Å²) in [4.78, 5) is 20.1. The highest BCUT2D eigenvalue weighted by Crippen LogP contribution is 2.32. The number of hydrogen-bond donors (Lipinski definition) is 1. The second kappa shape index (κ2) is 5.75. The van der Waals surface area contributed by atoms with Crippen LogP contribution in [0.2, 0.25) is 5.02 Å². The number of hydrogen-bond acceptors (Lipinski definition) is 4. The van der Waals surface area contributed by atoms with Crippen molar-refractivity contribution < 1.29 is 4.79 Å². The lowest BCUT2D eigenvalue weighted by molar-refractivity contribution is -0.129. The maximum Gasteiger partial charge on any atom is 0.244 e. The number of nitrogens with two attached hydrogens (primary N) is 1. The Balaban J connectivity index is 2.33. The molecule has 1 fully saturated rings. The van der Waals surface area contributed by atoms with Gasteiger partial charge in [-0.15, -0.1) is 0 Å². The van der Waals surface area contributed by atoms with E-state index >= 15 is 0 Å². The number of carbonyl (C=O) groups excluding carboxylic acids is 1. The Morgan fingerprint density at radius 1 is 1.63 bits per heavy atom. The molecule has 19 heavy (non-hydrogen) atoms. The van der Waals surface area contributed by atoms with Gasteiger partial charge in [0.05, 0.1) is 5.02 Å². The summed E-state index contributed by atoms with van der Waals surface area (Å²) in [6, 6.07) is 1.64. The topological polar surface area (TPSA) is 62.5 Å². The fourth-order valence-electron chi connectivity index (χ4n) is 2.40. The van der Waals surface area contributed by atoms with Gasteiger partial charge in [-0.3, -0.25) is 4.79 Å². The minimum absolute atomic E-state index is 0.0912. The minimum atomic E-state index is -0.173. The molecule has 2 rings (SSSR count). The van der Waals surface area contributed by atoms with Gasteiger partial charge >= 0.3 is 0 Å². The standard InChI is InChI=1S/C13H19ClN4O/c1-17(2)13(19)10-4-3-7-18(10)12-11(14)9(8-15)5-6-16-12/h5-6,10H,3-4,7-8,15H2,1-2H3. The number of rotatable bonds is 3. The highest BCUT2D eigenvalue weighted by molar-refractivity contribution is 6.33. The quantitative estimate of drug-likeness (QED) is 0.906. The molecule has 2 N–H and O–H groups in total. The summed E-state index contributed by atoms with van der Waals surface area (Å²) in [7, 11) is 3.54. The van der Waals surface area contributed by atoms with Crippen LogP contribution in [0.3, 0.4) is 0 Å². The Kier molecular flexibility index (Phi) is 4.27. The first kappa shape index (κ1) is 14.1. The molecule has 1 amide bonds. The van der Waals surface area contributed by atoms with Crippen LogP contribution in [0.1, 0.15) is 18.4 Å². The summed E-state index contributed by atoms with van der Waals surface area (Å²) in [6.45, 7) is 1.17. The van der Waals surface area contributed by atoms with Crippen molar-refractivity contribution >= 4 is 23.3 Å². The lowest BCUT2D eigenvalue weighted by Crippen LogP contribution is -2.43. The van der Waals surface area contributed by atoms with Crippen molar-refractivity contribution in [1.82, 2.24) is 9.88 Å². The number of halogens is 1. The number of likely N-dealkylation sites (N-methyl/N-ethyl adjacent to an activating group) is 1. The third-order valence-corrected chi connectivity index (χ3v) is 3.83. The number of anilines is 1. The van der Waals surface area contributed by atoms with E-state index in [0.29, 0.717) is 17.4 Å². The number of nitrogens with zero attached hydrogens (tertiary/aromatic N) is 3. The van der Waals surface area contributed by atoms with E-state index in [9.17, 15) is 4.79 Å². The molecule has 1 aromatic heterocycles. The van der Waals surface area contributed by atoms with Gasteiger partial charge in [-0.25, -0.2) is 4.98 Å². The van der Waals surface area contributed by atoms with Gasteiger partial charge in [0.1, 0.15) is 11.9 Å². The molecule has 1 aromatic rings. The summed E-state index contributed by atoms with van der Waals surface area (Å²) >= 11 is 6.33. The van der Waals surface area contributed by atoms with Crippen molar-refractivity contribution in [2.24, 2.45) is 5.73 Å². The van der Waals surface area contributed by atoms with Gasteiger partial charge < -0.3 is 15.5 Å². The summed E-state index contributed by atoms with van der Waals surface area (Å²) in [5, 5.41) is 0.559. The molecule has 1 atom stereocenters. The molecule has 104 valence electrons. The van der Waals surface area contributed by atoms with Gasteiger partial charge in [-0.2, -0.15) is 0 Å². The predicted molar refractivity (Wildman–Crippen MR) is 76.2 cm³/mol. The van der Waals surface area contributed by atoms with Crippen LogP contribution in [0.25, 0.3) is 0 Å². The van der Waals surface area contributed by atoms with E-state index in [1.165, 1.54) is 0 Å². The Morgan fingerprint density at radius 3 is 3.00 bits per heavy atom. The van der Waals surface area contributed by atoms with Gasteiger partial charge in [0.25, 0.3) is 0 Å². The van der Waals surface area contributed by atoms with Gasteiger partial charge in [-0.05, 0) is 24.5 Å². The Labute approximate surface area is 118 Å². The maximum absolute atomic E-state index is 12.2. The van der Waals surface area contributed by atoms with E-state index in [1.807, 2.05) is 11.0 Å². The van der Waals surface area contributed by atoms with Crippen molar-refractivity contribution in [3.63, 3.8) is 0 Å². The lowest BCUT2D eigenvalue weighted by Gasteiger charge is -2.28. The lowest BCUT2D eigenvalue weighted by atomic mass is 10.2. The fraction of sp³-hybridized carbons (Fsp3) is 0.538. The molecule has 0 aliphatic carbocycles. The molecule has 0 aromatic carbocycles. The van der Waals surface area contributed by atoms with Crippen molar-refractivity contribution in [2.75, 3.05) is 25.5 Å². The molecule has 6 heteroatoms. The van der Waals surface area contributed by atoms with Crippen LogP contribution >= 0.6 is 11.6 Å². The molecular weight excluding hydrogens is 264 g/mol. The van der Waals surface area contributed by atoms with Gasteiger partial charge in [0.2, 0.25) is 5.91 Å². The molecule has 0 saturated carbocycles. The van der Waals surface area contributed by atoms with Crippen LogP contribution in [-0.4, -0.2) is 42.5 Å². The third-order valence-electron chi connectivity index (χ3n) is 3.42. The number of pyridine rings is 1. The highest BCUT2D eigenvalue weighted by atomic mass is 35.5. The summed E-state index contributed by atoms with van der Waals surface area (Å²) in [5.41, 5.74) is 6.51. The summed E-state index contributed by atoms with van der Waals surface area (Å²) in [6.07, 6.45) is 3.50. The second-order valence-corrected chi connectivity index (χ2v) is 5.27. The van der Waals surface area contributed by atoms with Crippen LogP contribution in [-0.2, 0) is 11.3 Å². The van der Waals surface area contributed by atoms with Crippen molar-refractivity contribution in [3.05, 3.63) is 22.8 Å². The van der Waals surface area contributed by atoms with E-state index in [-0.39, 0.29) is 11.9 Å². The van der Waals surface area contributed by atoms with E-state index < -0.39 is 0 Å². The maximum atomic E-state index is 12.2. The smallest absolute Gasteiger partial charge is 0.244 e. The normalized spacial score (nSPS) is 18.7. The molecule has 0 spiro atoms. The molecule has 0 radical (unpaired) electrons. The largest absolute Gasteiger partial charge is 0.347 e. The first-order chi connectivity index (χ1) is 9.06. The summed E-state index contributed by atoms with van der Waals surface area (Å²) in [5.74, 6) is 0.760. The van der Waals surface area contributed by atoms with Gasteiger partial charge in [-0.1, -0.05) is 11.6 Å². The van der Waals surface area contributed by atoms with Crippen LogP contribution in [0, 0.1) is 0 Å². The first-order valence-corrected chi connectivity index (χ1v) is 6.75. The molecule has 0 bridgehead atoms. The Hall–Kier alpha value is -1.33. The molecule has 1 saturated heterocycles. The number of carbonyl (C=O) groups is 1. The number of amides is 1. The first-order valence-electron chi connectivity index (χ1n) is 6.37. The van der Waals surface area contributed by atoms with Crippen LogP contribution in [0.15, 0.2) is 12.3 Å². The van der Waals surface area contributed by atoms with Crippen molar-refractivity contribution in [3.8, 4) is 0 Å². The average Bonchev–Trinajstić information content (AvgIpc) is 2.87. The molecule has 1 aliphatic heterocycles. The highest BCUT2D eigenvalue weighted by Gasteiger charge is 2.33. The molecular formula is C13H19ClN4O. The van der Waals surface area contributed by atoms with Gasteiger partial charge in [0, 0.05) is 33.4 Å². The Bertz CT molecular complexity index is 478. The molecule has 1 unspecified atom stereocenters. The second-order valence-electron chi connectivity index (χ2n) is 4.90. The number of aromatic nitrogens is 1. The fourth-order valence-corrected chi connectivity index (χ4v) is 2.70. The SMILES string of the molecule is CN(C)C(=O)C1CCCN1c1nccc(CN)c1Cl. The monoisotopic (exact) mass is 282 g/mol. The van der Waals surface area contributed by atoms with Crippen molar-refractivity contribution in [1.29, 1.82) is 0 Å².